The van der Waals surface area contributed by atoms with Crippen LogP contribution in [-0.4, -0.2) is 40.9 Å². The van der Waals surface area contributed by atoms with E-state index >= 15 is 0 Å². The summed E-state index contributed by atoms with van der Waals surface area (Å²) in [5, 5.41) is 4.41. The first-order valence-corrected chi connectivity index (χ1v) is 12.2. The van der Waals surface area contributed by atoms with Crippen molar-refractivity contribution < 1.29 is 14.3 Å². The van der Waals surface area contributed by atoms with E-state index in [4.69, 9.17) is 9.47 Å². The quantitative estimate of drug-likeness (QED) is 0.369. The van der Waals surface area contributed by atoms with Crippen molar-refractivity contribution in [3.05, 3.63) is 76.5 Å². The van der Waals surface area contributed by atoms with Gasteiger partial charge in [0, 0.05) is 0 Å². The number of benzene rings is 2. The van der Waals surface area contributed by atoms with Crippen molar-refractivity contribution in [3.8, 4) is 11.5 Å². The number of carbonyl (C=O) groups excluding carboxylic acids is 1. The Morgan fingerprint density at radius 3 is 2.73 bits per heavy atom. The zero-order valence-electron chi connectivity index (χ0n) is 18.1. The summed E-state index contributed by atoms with van der Waals surface area (Å²) in [7, 11) is 3.21. The number of thioether (sulfide) groups is 1. The highest BCUT2D eigenvalue weighted by atomic mass is 32.2. The van der Waals surface area contributed by atoms with Crippen molar-refractivity contribution in [2.75, 3.05) is 20.0 Å². The van der Waals surface area contributed by atoms with E-state index in [1.807, 2.05) is 60.0 Å². The molecule has 0 saturated carbocycles. The number of methoxy groups -OCH3 is 2. The van der Waals surface area contributed by atoms with Crippen molar-refractivity contribution in [3.63, 3.8) is 0 Å². The van der Waals surface area contributed by atoms with Gasteiger partial charge in [0.1, 0.15) is 0 Å². The lowest BCUT2D eigenvalue weighted by Gasteiger charge is -2.25. The Morgan fingerprint density at radius 2 is 1.97 bits per heavy atom. The number of hydrogen-bond donors (Lipinski definition) is 2. The number of fused-ring (bicyclic) bond motifs is 1. The molecular weight excluding hydrogens is 456 g/mol. The predicted octanol–water partition coefficient (Wildman–Crippen LogP) is 4.86. The average Bonchev–Trinajstić information content (AvgIpc) is 3.60. The third kappa shape index (κ3) is 4.29. The minimum absolute atomic E-state index is 0.0527. The van der Waals surface area contributed by atoms with E-state index in [1.165, 1.54) is 11.8 Å². The second-order valence-electron chi connectivity index (χ2n) is 7.34. The van der Waals surface area contributed by atoms with Crippen molar-refractivity contribution in [2.45, 2.75) is 11.2 Å². The molecule has 3 heterocycles. The van der Waals surface area contributed by atoms with E-state index in [9.17, 15) is 4.79 Å². The number of hydrazine groups is 1. The van der Waals surface area contributed by atoms with Gasteiger partial charge in [-0.2, -0.15) is 0 Å². The highest BCUT2D eigenvalue weighted by Gasteiger charge is 2.31. The number of aromatic amines is 1. The van der Waals surface area contributed by atoms with Crippen molar-refractivity contribution >= 4 is 45.7 Å². The number of amides is 1. The standard InChI is InChI=1S/C24H22N4O3S2/c1-30-20-10-9-15(12-21(20)31-2)19-13-18(22-8-5-11-32-22)27-28(19)23(29)14-33-24-25-16-6-3-4-7-17(16)26-24/h3-13,19,27H,14H2,1-2H3,(H,25,26)/t19-/m1/s1. The monoisotopic (exact) mass is 478 g/mol. The number of carbonyl (C=O) groups is 1. The average molecular weight is 479 g/mol. The summed E-state index contributed by atoms with van der Waals surface area (Å²) < 4.78 is 10.9. The Kier molecular flexibility index (Phi) is 5.97. The first kappa shape index (κ1) is 21.4. The summed E-state index contributed by atoms with van der Waals surface area (Å²) in [4.78, 5) is 22.2. The minimum atomic E-state index is -0.286. The van der Waals surface area contributed by atoms with Crippen LogP contribution in [0.3, 0.4) is 0 Å². The van der Waals surface area contributed by atoms with Crippen LogP contribution >= 0.6 is 23.1 Å². The molecular formula is C24H22N4O3S2. The molecule has 0 aliphatic carbocycles. The fourth-order valence-corrected chi connectivity index (χ4v) is 5.18. The fourth-order valence-electron chi connectivity index (χ4n) is 3.73. The predicted molar refractivity (Wildman–Crippen MR) is 131 cm³/mol. The number of para-hydroxylation sites is 2. The molecule has 2 aromatic heterocycles. The second-order valence-corrected chi connectivity index (χ2v) is 9.25. The maximum absolute atomic E-state index is 13.3. The SMILES string of the molecule is COc1ccc([C@H]2C=C(c3cccs3)NN2C(=O)CSc2nc3ccccc3[nH]2)cc1OC. The molecule has 9 heteroatoms. The number of H-pyrrole nitrogens is 1. The van der Waals surface area contributed by atoms with Crippen LogP contribution in [0.1, 0.15) is 16.5 Å². The maximum atomic E-state index is 13.3. The van der Waals surface area contributed by atoms with Crippen LogP contribution in [0.15, 0.2) is 71.2 Å². The lowest BCUT2D eigenvalue weighted by atomic mass is 10.1. The van der Waals surface area contributed by atoms with Crippen molar-refractivity contribution in [1.82, 2.24) is 20.4 Å². The van der Waals surface area contributed by atoms with Gasteiger partial charge in [-0.1, -0.05) is 36.0 Å². The largest absolute Gasteiger partial charge is 0.493 e. The van der Waals surface area contributed by atoms with E-state index in [0.717, 1.165) is 32.3 Å². The molecule has 4 aromatic rings. The lowest BCUT2D eigenvalue weighted by Crippen LogP contribution is -2.40. The summed E-state index contributed by atoms with van der Waals surface area (Å²) in [5.41, 5.74) is 6.98. The lowest BCUT2D eigenvalue weighted by molar-refractivity contribution is -0.131. The molecule has 2 N–H and O–H groups in total. The van der Waals surface area contributed by atoms with Crippen LogP contribution in [0.4, 0.5) is 0 Å². The summed E-state index contributed by atoms with van der Waals surface area (Å²) in [6.45, 7) is 0. The number of imidazole rings is 1. The van der Waals surface area contributed by atoms with E-state index in [1.54, 1.807) is 30.6 Å². The number of nitrogens with zero attached hydrogens (tertiary/aromatic N) is 2. The van der Waals surface area contributed by atoms with Gasteiger partial charge in [-0.15, -0.1) is 11.3 Å². The Morgan fingerprint density at radius 1 is 1.12 bits per heavy atom. The van der Waals surface area contributed by atoms with E-state index in [2.05, 4.69) is 21.5 Å². The molecule has 0 saturated heterocycles. The third-order valence-corrected chi connectivity index (χ3v) is 7.11. The van der Waals surface area contributed by atoms with Crippen LogP contribution in [0, 0.1) is 0 Å². The molecule has 5 rings (SSSR count). The van der Waals surface area contributed by atoms with Gasteiger partial charge in [-0.3, -0.25) is 10.2 Å². The van der Waals surface area contributed by atoms with Crippen LogP contribution in [0.25, 0.3) is 16.7 Å². The van der Waals surface area contributed by atoms with Gasteiger partial charge in [-0.25, -0.2) is 9.99 Å². The molecule has 1 aliphatic rings. The Hall–Kier alpha value is -3.43. The van der Waals surface area contributed by atoms with E-state index in [-0.39, 0.29) is 17.7 Å². The number of hydrogen-bond acceptors (Lipinski definition) is 7. The second kappa shape index (κ2) is 9.21. The minimum Gasteiger partial charge on any atom is -0.493 e. The van der Waals surface area contributed by atoms with Crippen LogP contribution in [0.5, 0.6) is 11.5 Å². The molecule has 0 spiro atoms. The number of thiophene rings is 1. The first-order chi connectivity index (χ1) is 16.2. The third-order valence-electron chi connectivity index (χ3n) is 5.35. The zero-order valence-corrected chi connectivity index (χ0v) is 19.7. The van der Waals surface area contributed by atoms with Gasteiger partial charge in [0.2, 0.25) is 0 Å². The molecule has 1 aliphatic heterocycles. The number of aromatic nitrogens is 2. The smallest absolute Gasteiger partial charge is 0.252 e. The molecule has 2 aromatic carbocycles. The van der Waals surface area contributed by atoms with Crippen molar-refractivity contribution in [1.29, 1.82) is 0 Å². The molecule has 0 fully saturated rings. The number of ether oxygens (including phenoxy) is 2. The van der Waals surface area contributed by atoms with E-state index < -0.39 is 0 Å². The van der Waals surface area contributed by atoms with Gasteiger partial charge < -0.3 is 14.5 Å². The molecule has 1 amide bonds. The fraction of sp³-hybridized carbons (Fsp3) is 0.167. The van der Waals surface area contributed by atoms with Crippen LogP contribution in [0.2, 0.25) is 0 Å². The number of rotatable bonds is 7. The first-order valence-electron chi connectivity index (χ1n) is 10.3. The molecule has 168 valence electrons. The van der Waals surface area contributed by atoms with Crippen molar-refractivity contribution in [2.24, 2.45) is 0 Å². The normalized spacial score (nSPS) is 15.4. The van der Waals surface area contributed by atoms with Crippen LogP contribution < -0.4 is 14.9 Å². The topological polar surface area (TPSA) is 79.5 Å². The Balaban J connectivity index is 1.40. The maximum Gasteiger partial charge on any atom is 0.252 e. The summed E-state index contributed by atoms with van der Waals surface area (Å²) >= 11 is 3.01. The molecule has 0 radical (unpaired) electrons. The van der Waals surface area contributed by atoms with Gasteiger partial charge in [-0.05, 0) is 47.4 Å². The molecule has 1 atom stereocenters. The van der Waals surface area contributed by atoms with Gasteiger partial charge >= 0.3 is 0 Å². The Labute approximate surface area is 199 Å². The summed E-state index contributed by atoms with van der Waals surface area (Å²) in [6, 6.07) is 17.3. The zero-order chi connectivity index (χ0) is 22.8. The highest BCUT2D eigenvalue weighted by Crippen LogP contribution is 2.37. The van der Waals surface area contributed by atoms with Gasteiger partial charge in [0.15, 0.2) is 16.7 Å². The summed E-state index contributed by atoms with van der Waals surface area (Å²) in [5.74, 6) is 1.45. The molecule has 33 heavy (non-hydrogen) atoms. The molecule has 7 nitrogen and oxygen atoms in total. The summed E-state index contributed by atoms with van der Waals surface area (Å²) in [6.07, 6.45) is 2.07. The molecule has 0 bridgehead atoms. The van der Waals surface area contributed by atoms with Gasteiger partial charge in [0.05, 0.1) is 47.6 Å². The molecule has 0 unspecified atom stereocenters. The highest BCUT2D eigenvalue weighted by molar-refractivity contribution is 7.99. The number of nitrogens with one attached hydrogen (secondary N) is 2. The van der Waals surface area contributed by atoms with Gasteiger partial charge in [0.25, 0.3) is 5.91 Å². The Bertz CT molecular complexity index is 1280. The van der Waals surface area contributed by atoms with Crippen LogP contribution in [-0.2, 0) is 4.79 Å². The van der Waals surface area contributed by atoms with E-state index in [0.29, 0.717) is 11.5 Å².